The minimum atomic E-state index is -0.702. The van der Waals surface area contributed by atoms with Crippen molar-refractivity contribution in [3.8, 4) is 0 Å². The number of aromatic amines is 1. The van der Waals surface area contributed by atoms with Gasteiger partial charge in [0.05, 0.1) is 5.56 Å². The van der Waals surface area contributed by atoms with Crippen molar-refractivity contribution in [2.45, 2.75) is 33.2 Å². The van der Waals surface area contributed by atoms with E-state index in [-0.39, 0.29) is 28.8 Å². The van der Waals surface area contributed by atoms with E-state index in [1.54, 1.807) is 6.92 Å². The standard InChI is InChI=1S/C16H20ClN5O3/c1-3-5-8-22-13(18)12(14(23)20-16(22)25)21(4-2)15(24)10-6-7-11(17)19-9-10/h6-7,9H,3-5,8,18H2,1-2H3,(H,20,23,25). The lowest BCUT2D eigenvalue weighted by Crippen LogP contribution is -2.41. The number of H-pyrrole nitrogens is 1. The van der Waals surface area contributed by atoms with Crippen LogP contribution in [0.15, 0.2) is 27.9 Å². The molecule has 0 aliphatic carbocycles. The summed E-state index contributed by atoms with van der Waals surface area (Å²) in [5, 5.41) is 0.255. The second-order valence-electron chi connectivity index (χ2n) is 5.42. The van der Waals surface area contributed by atoms with E-state index in [1.165, 1.54) is 27.8 Å². The molecule has 0 aliphatic heterocycles. The molecule has 0 unspecified atom stereocenters. The van der Waals surface area contributed by atoms with Gasteiger partial charge in [-0.2, -0.15) is 0 Å². The van der Waals surface area contributed by atoms with Gasteiger partial charge >= 0.3 is 5.69 Å². The van der Waals surface area contributed by atoms with Gasteiger partial charge in [-0.25, -0.2) is 9.78 Å². The Morgan fingerprint density at radius 3 is 2.64 bits per heavy atom. The van der Waals surface area contributed by atoms with Crippen LogP contribution in [0.4, 0.5) is 11.5 Å². The molecule has 134 valence electrons. The van der Waals surface area contributed by atoms with Crippen LogP contribution in [0.25, 0.3) is 0 Å². The summed E-state index contributed by atoms with van der Waals surface area (Å²) in [6, 6.07) is 3.00. The first-order valence-corrected chi connectivity index (χ1v) is 8.34. The summed E-state index contributed by atoms with van der Waals surface area (Å²) in [4.78, 5) is 44.4. The molecule has 1 amide bonds. The van der Waals surface area contributed by atoms with Gasteiger partial charge in [0.1, 0.15) is 11.0 Å². The lowest BCUT2D eigenvalue weighted by molar-refractivity contribution is 0.0987. The van der Waals surface area contributed by atoms with Crippen molar-refractivity contribution in [2.75, 3.05) is 17.2 Å². The topological polar surface area (TPSA) is 114 Å². The predicted octanol–water partition coefficient (Wildman–Crippen LogP) is 1.63. The van der Waals surface area contributed by atoms with Crippen LogP contribution in [0.1, 0.15) is 37.0 Å². The Hall–Kier alpha value is -2.61. The molecule has 0 saturated carbocycles. The average molecular weight is 366 g/mol. The van der Waals surface area contributed by atoms with Crippen molar-refractivity contribution >= 4 is 29.0 Å². The van der Waals surface area contributed by atoms with Crippen molar-refractivity contribution in [2.24, 2.45) is 0 Å². The van der Waals surface area contributed by atoms with Crippen LogP contribution in [0.2, 0.25) is 5.15 Å². The zero-order chi connectivity index (χ0) is 18.6. The van der Waals surface area contributed by atoms with Crippen LogP contribution < -0.4 is 21.9 Å². The number of anilines is 2. The average Bonchev–Trinajstić information content (AvgIpc) is 2.58. The fourth-order valence-electron chi connectivity index (χ4n) is 2.44. The van der Waals surface area contributed by atoms with Crippen LogP contribution in [-0.4, -0.2) is 27.0 Å². The fraction of sp³-hybridized carbons (Fsp3) is 0.375. The second kappa shape index (κ2) is 7.98. The molecular weight excluding hydrogens is 346 g/mol. The number of nitrogen functional groups attached to an aromatic ring is 1. The molecule has 0 radical (unpaired) electrons. The van der Waals surface area contributed by atoms with Gasteiger partial charge < -0.3 is 10.6 Å². The Morgan fingerprint density at radius 1 is 1.36 bits per heavy atom. The lowest BCUT2D eigenvalue weighted by atomic mass is 10.2. The predicted molar refractivity (Wildman–Crippen MR) is 97.2 cm³/mol. The van der Waals surface area contributed by atoms with Crippen molar-refractivity contribution in [3.05, 3.63) is 49.9 Å². The Bertz CT molecular complexity index is 873. The van der Waals surface area contributed by atoms with Gasteiger partial charge in [-0.05, 0) is 25.5 Å². The second-order valence-corrected chi connectivity index (χ2v) is 5.80. The number of aromatic nitrogens is 3. The zero-order valence-electron chi connectivity index (χ0n) is 14.1. The van der Waals surface area contributed by atoms with Crippen LogP contribution in [0.3, 0.4) is 0 Å². The highest BCUT2D eigenvalue weighted by Crippen LogP contribution is 2.19. The molecule has 2 rings (SSSR count). The molecule has 2 aromatic heterocycles. The van der Waals surface area contributed by atoms with Gasteiger partial charge in [0.25, 0.3) is 11.5 Å². The lowest BCUT2D eigenvalue weighted by Gasteiger charge is -2.23. The quantitative estimate of drug-likeness (QED) is 0.755. The number of pyridine rings is 1. The highest BCUT2D eigenvalue weighted by molar-refractivity contribution is 6.29. The molecule has 0 saturated heterocycles. The van der Waals surface area contributed by atoms with E-state index in [2.05, 4.69) is 9.97 Å². The van der Waals surface area contributed by atoms with Crippen LogP contribution in [-0.2, 0) is 6.54 Å². The zero-order valence-corrected chi connectivity index (χ0v) is 14.8. The number of unbranched alkanes of at least 4 members (excludes halogenated alkanes) is 1. The summed E-state index contributed by atoms with van der Waals surface area (Å²) in [6.07, 6.45) is 2.90. The third-order valence-corrected chi connectivity index (χ3v) is 3.98. The first kappa shape index (κ1) is 18.7. The Kier molecular flexibility index (Phi) is 5.97. The minimum Gasteiger partial charge on any atom is -0.383 e. The highest BCUT2D eigenvalue weighted by Gasteiger charge is 2.24. The molecule has 9 heteroatoms. The summed E-state index contributed by atoms with van der Waals surface area (Å²) in [7, 11) is 0. The maximum absolute atomic E-state index is 12.7. The number of rotatable bonds is 6. The van der Waals surface area contributed by atoms with Crippen molar-refractivity contribution in [1.82, 2.24) is 14.5 Å². The molecular formula is C16H20ClN5O3. The molecule has 0 spiro atoms. The summed E-state index contributed by atoms with van der Waals surface area (Å²) < 4.78 is 1.27. The third-order valence-electron chi connectivity index (χ3n) is 3.76. The monoisotopic (exact) mass is 365 g/mol. The van der Waals surface area contributed by atoms with E-state index in [4.69, 9.17) is 17.3 Å². The smallest absolute Gasteiger partial charge is 0.330 e. The molecule has 0 aliphatic rings. The number of nitrogens with two attached hydrogens (primary N) is 1. The van der Waals surface area contributed by atoms with Gasteiger partial charge in [0, 0.05) is 19.3 Å². The number of nitrogens with one attached hydrogen (secondary N) is 1. The normalized spacial score (nSPS) is 10.7. The molecule has 0 fully saturated rings. The molecule has 25 heavy (non-hydrogen) atoms. The number of amides is 1. The number of hydrogen-bond donors (Lipinski definition) is 2. The van der Waals surface area contributed by atoms with E-state index in [0.29, 0.717) is 6.54 Å². The largest absolute Gasteiger partial charge is 0.383 e. The molecule has 8 nitrogen and oxygen atoms in total. The number of nitrogens with zero attached hydrogens (tertiary/aromatic N) is 3. The number of hydrogen-bond acceptors (Lipinski definition) is 5. The molecule has 0 atom stereocenters. The van der Waals surface area contributed by atoms with E-state index < -0.39 is 17.2 Å². The summed E-state index contributed by atoms with van der Waals surface area (Å²) in [6.45, 7) is 4.24. The van der Waals surface area contributed by atoms with E-state index in [0.717, 1.165) is 12.8 Å². The maximum atomic E-state index is 12.7. The van der Waals surface area contributed by atoms with Gasteiger partial charge in [-0.3, -0.25) is 19.1 Å². The van der Waals surface area contributed by atoms with Gasteiger partial charge in [0.15, 0.2) is 5.69 Å². The maximum Gasteiger partial charge on any atom is 0.330 e. The minimum absolute atomic E-state index is 0.0284. The fourth-order valence-corrected chi connectivity index (χ4v) is 2.55. The van der Waals surface area contributed by atoms with Crippen LogP contribution >= 0.6 is 11.6 Å². The van der Waals surface area contributed by atoms with Gasteiger partial charge in [-0.15, -0.1) is 0 Å². The van der Waals surface area contributed by atoms with Crippen molar-refractivity contribution in [3.63, 3.8) is 0 Å². The summed E-state index contributed by atoms with van der Waals surface area (Å²) in [5.74, 6) is -0.483. The number of carbonyl (C=O) groups is 1. The van der Waals surface area contributed by atoms with E-state index in [1.807, 2.05) is 6.92 Å². The van der Waals surface area contributed by atoms with E-state index >= 15 is 0 Å². The summed E-state index contributed by atoms with van der Waals surface area (Å²) >= 11 is 5.73. The Labute approximate surface area is 149 Å². The van der Waals surface area contributed by atoms with Gasteiger partial charge in [0.2, 0.25) is 0 Å². The molecule has 2 heterocycles. The third kappa shape index (κ3) is 3.90. The van der Waals surface area contributed by atoms with Crippen LogP contribution in [0, 0.1) is 0 Å². The molecule has 3 N–H and O–H groups in total. The molecule has 0 bridgehead atoms. The first-order chi connectivity index (χ1) is 11.9. The molecule has 2 aromatic rings. The van der Waals surface area contributed by atoms with Crippen molar-refractivity contribution in [1.29, 1.82) is 0 Å². The van der Waals surface area contributed by atoms with E-state index in [9.17, 15) is 14.4 Å². The van der Waals surface area contributed by atoms with Gasteiger partial charge in [-0.1, -0.05) is 24.9 Å². The highest BCUT2D eigenvalue weighted by atomic mass is 35.5. The summed E-state index contributed by atoms with van der Waals surface area (Å²) in [5.41, 5.74) is 4.98. The number of halogens is 1. The SMILES string of the molecule is CCCCn1c(N)c(N(CC)C(=O)c2ccc(Cl)nc2)c(=O)[nH]c1=O. The Balaban J connectivity index is 2.53. The van der Waals surface area contributed by atoms with Crippen molar-refractivity contribution < 1.29 is 4.79 Å². The molecule has 0 aromatic carbocycles. The number of carbonyl (C=O) groups excluding carboxylic acids is 1. The Morgan fingerprint density at radius 2 is 2.08 bits per heavy atom. The van der Waals surface area contributed by atoms with Crippen LogP contribution in [0.5, 0.6) is 0 Å². The first-order valence-electron chi connectivity index (χ1n) is 7.96.